The topological polar surface area (TPSA) is 75.7 Å². The lowest BCUT2D eigenvalue weighted by Crippen LogP contribution is -2.53. The molecule has 2 aromatic rings. The number of rotatable bonds is 5. The van der Waals surface area contributed by atoms with Crippen molar-refractivity contribution in [1.82, 2.24) is 10.2 Å². The Morgan fingerprint density at radius 2 is 1.87 bits per heavy atom. The molecule has 30 heavy (non-hydrogen) atoms. The first-order valence-corrected chi connectivity index (χ1v) is 10.8. The van der Waals surface area contributed by atoms with Crippen molar-refractivity contribution >= 4 is 45.1 Å². The molecule has 6 nitrogen and oxygen atoms in total. The Morgan fingerprint density at radius 1 is 1.17 bits per heavy atom. The van der Waals surface area contributed by atoms with Gasteiger partial charge >= 0.3 is 0 Å². The largest absolute Gasteiger partial charge is 0.368 e. The molecule has 0 aromatic heterocycles. The quantitative estimate of drug-likeness (QED) is 0.698. The molecule has 2 fully saturated rings. The second-order valence-corrected chi connectivity index (χ2v) is 8.80. The third-order valence-electron chi connectivity index (χ3n) is 5.46. The minimum atomic E-state index is -0.811. The first-order chi connectivity index (χ1) is 14.4. The summed E-state index contributed by atoms with van der Waals surface area (Å²) in [5.74, 6) is -0.711. The fourth-order valence-corrected chi connectivity index (χ4v) is 4.33. The van der Waals surface area contributed by atoms with Crippen molar-refractivity contribution in [3.63, 3.8) is 0 Å². The van der Waals surface area contributed by atoms with E-state index < -0.39 is 12.1 Å². The van der Waals surface area contributed by atoms with Gasteiger partial charge in [-0.3, -0.25) is 14.4 Å². The number of halogens is 2. The maximum Gasteiger partial charge on any atom is 0.251 e. The number of carbonyl (C=O) groups excluding carboxylic acids is 3. The van der Waals surface area contributed by atoms with Gasteiger partial charge in [0.25, 0.3) is 5.91 Å². The molecule has 0 spiro atoms. The van der Waals surface area contributed by atoms with Gasteiger partial charge in [-0.1, -0.05) is 39.7 Å². The second kappa shape index (κ2) is 8.88. The maximum absolute atomic E-state index is 13.4. The predicted octanol–water partition coefficient (Wildman–Crippen LogP) is 3.01. The van der Waals surface area contributed by atoms with E-state index in [4.69, 9.17) is 16.3 Å². The Labute approximate surface area is 187 Å². The van der Waals surface area contributed by atoms with Crippen molar-refractivity contribution in [3.8, 4) is 0 Å². The van der Waals surface area contributed by atoms with Crippen LogP contribution in [0.1, 0.15) is 22.3 Å². The minimum absolute atomic E-state index is 0.0339. The molecule has 8 heteroatoms. The number of amides is 2. The average molecular weight is 492 g/mol. The standard InChI is InChI=1S/C22H20BrClN2O4/c23-15-5-3-14(4-6-15)21(28)25-17(11-13-1-7-16(24)8-2-13)22(29)26-10-9-19-20(26)18(27)12-30-19/h1-8,17,19-20H,9-12H2,(H,25,28). The number of nitrogens with one attached hydrogen (secondary N) is 1. The van der Waals surface area contributed by atoms with E-state index in [1.807, 2.05) is 12.1 Å². The molecule has 0 aliphatic carbocycles. The normalized spacial score (nSPS) is 21.4. The Balaban J connectivity index is 1.57. The van der Waals surface area contributed by atoms with Crippen molar-refractivity contribution in [3.05, 3.63) is 69.2 Å². The first-order valence-electron chi connectivity index (χ1n) is 9.68. The molecule has 0 saturated carbocycles. The summed E-state index contributed by atoms with van der Waals surface area (Å²) in [5.41, 5.74) is 1.31. The fraction of sp³-hybridized carbons (Fsp3) is 0.318. The van der Waals surface area contributed by atoms with Crippen LogP contribution < -0.4 is 5.32 Å². The van der Waals surface area contributed by atoms with Crippen LogP contribution in [0, 0.1) is 0 Å². The number of Topliss-reactive ketones (excluding diaryl/α,β-unsaturated/α-hetero) is 1. The number of hydrogen-bond acceptors (Lipinski definition) is 4. The summed E-state index contributed by atoms with van der Waals surface area (Å²) in [7, 11) is 0. The van der Waals surface area contributed by atoms with Crippen molar-refractivity contribution in [2.45, 2.75) is 31.0 Å². The van der Waals surface area contributed by atoms with Crippen molar-refractivity contribution in [1.29, 1.82) is 0 Å². The monoisotopic (exact) mass is 490 g/mol. The number of likely N-dealkylation sites (tertiary alicyclic amines) is 1. The Bertz CT molecular complexity index is 964. The van der Waals surface area contributed by atoms with E-state index in [1.165, 1.54) is 0 Å². The van der Waals surface area contributed by atoms with E-state index in [2.05, 4.69) is 21.2 Å². The van der Waals surface area contributed by atoms with E-state index in [1.54, 1.807) is 41.3 Å². The molecule has 2 aliphatic heterocycles. The predicted molar refractivity (Wildman–Crippen MR) is 115 cm³/mol. The van der Waals surface area contributed by atoms with E-state index in [9.17, 15) is 14.4 Å². The fourth-order valence-electron chi connectivity index (χ4n) is 3.94. The Kier molecular flexibility index (Phi) is 6.22. The van der Waals surface area contributed by atoms with Crippen LogP contribution in [0.25, 0.3) is 0 Å². The first kappa shape index (κ1) is 21.0. The molecule has 3 atom stereocenters. The van der Waals surface area contributed by atoms with Gasteiger partial charge in [0, 0.05) is 28.0 Å². The van der Waals surface area contributed by atoms with Crippen molar-refractivity contribution < 1.29 is 19.1 Å². The molecule has 2 heterocycles. The zero-order valence-electron chi connectivity index (χ0n) is 16.0. The highest BCUT2D eigenvalue weighted by Gasteiger charge is 2.48. The lowest BCUT2D eigenvalue weighted by atomic mass is 10.0. The summed E-state index contributed by atoms with van der Waals surface area (Å²) >= 11 is 9.32. The van der Waals surface area contributed by atoms with Crippen LogP contribution in [-0.4, -0.2) is 53.8 Å². The maximum atomic E-state index is 13.4. The lowest BCUT2D eigenvalue weighted by Gasteiger charge is -2.27. The number of ether oxygens (including phenoxy) is 1. The molecule has 2 aliphatic rings. The number of nitrogens with zero attached hydrogens (tertiary/aromatic N) is 1. The van der Waals surface area contributed by atoms with Gasteiger partial charge in [-0.2, -0.15) is 0 Å². The van der Waals surface area contributed by atoms with Gasteiger partial charge in [-0.15, -0.1) is 0 Å². The van der Waals surface area contributed by atoms with E-state index in [0.717, 1.165) is 10.0 Å². The summed E-state index contributed by atoms with van der Waals surface area (Å²) in [6.07, 6.45) is 0.664. The molecule has 0 radical (unpaired) electrons. The molecular formula is C22H20BrClN2O4. The summed E-state index contributed by atoms with van der Waals surface area (Å²) in [6, 6.07) is 12.7. The number of fused-ring (bicyclic) bond motifs is 1. The summed E-state index contributed by atoms with van der Waals surface area (Å²) in [6.45, 7) is 0.470. The molecule has 156 valence electrons. The van der Waals surface area contributed by atoms with Gasteiger partial charge in [0.05, 0.1) is 6.10 Å². The van der Waals surface area contributed by atoms with Crippen molar-refractivity contribution in [2.24, 2.45) is 0 Å². The van der Waals surface area contributed by atoms with Crippen LogP contribution in [0.5, 0.6) is 0 Å². The van der Waals surface area contributed by atoms with Crippen LogP contribution in [0.15, 0.2) is 53.0 Å². The lowest BCUT2D eigenvalue weighted by molar-refractivity contribution is -0.138. The van der Waals surface area contributed by atoms with Crippen LogP contribution in [0.2, 0.25) is 5.02 Å². The van der Waals surface area contributed by atoms with Crippen LogP contribution in [-0.2, 0) is 20.7 Å². The molecule has 3 unspecified atom stereocenters. The highest BCUT2D eigenvalue weighted by atomic mass is 79.9. The number of ketones is 1. The molecule has 2 amide bonds. The number of benzene rings is 2. The highest BCUT2D eigenvalue weighted by Crippen LogP contribution is 2.28. The average Bonchev–Trinajstić information content (AvgIpc) is 3.32. The number of carbonyl (C=O) groups is 3. The van der Waals surface area contributed by atoms with Gasteiger partial charge in [-0.25, -0.2) is 0 Å². The van der Waals surface area contributed by atoms with Gasteiger partial charge in [-0.05, 0) is 48.4 Å². The zero-order valence-corrected chi connectivity index (χ0v) is 18.4. The van der Waals surface area contributed by atoms with Gasteiger partial charge in [0.15, 0.2) is 5.78 Å². The number of hydrogen-bond donors (Lipinski definition) is 1. The van der Waals surface area contributed by atoms with Crippen LogP contribution in [0.3, 0.4) is 0 Å². The SMILES string of the molecule is O=C(NC(Cc1ccc(Cl)cc1)C(=O)N1CCC2OCC(=O)C21)c1ccc(Br)cc1. The summed E-state index contributed by atoms with van der Waals surface area (Å²) in [5, 5.41) is 3.45. The van der Waals surface area contributed by atoms with E-state index >= 15 is 0 Å². The summed E-state index contributed by atoms with van der Waals surface area (Å²) < 4.78 is 6.35. The second-order valence-electron chi connectivity index (χ2n) is 7.44. The molecular weight excluding hydrogens is 472 g/mol. The smallest absolute Gasteiger partial charge is 0.251 e. The Morgan fingerprint density at radius 3 is 2.57 bits per heavy atom. The minimum Gasteiger partial charge on any atom is -0.368 e. The molecule has 2 saturated heterocycles. The molecule has 2 aromatic carbocycles. The van der Waals surface area contributed by atoms with Gasteiger partial charge in [0.1, 0.15) is 18.7 Å². The highest BCUT2D eigenvalue weighted by molar-refractivity contribution is 9.10. The van der Waals surface area contributed by atoms with Crippen molar-refractivity contribution in [2.75, 3.05) is 13.2 Å². The van der Waals surface area contributed by atoms with Gasteiger partial charge in [0.2, 0.25) is 5.91 Å². The zero-order chi connectivity index (χ0) is 21.3. The third-order valence-corrected chi connectivity index (χ3v) is 6.24. The van der Waals surface area contributed by atoms with Gasteiger partial charge < -0.3 is 15.0 Å². The van der Waals surface area contributed by atoms with Crippen LogP contribution >= 0.6 is 27.5 Å². The van der Waals surface area contributed by atoms with Crippen LogP contribution in [0.4, 0.5) is 0 Å². The molecule has 0 bridgehead atoms. The summed E-state index contributed by atoms with van der Waals surface area (Å²) in [4.78, 5) is 40.0. The third kappa shape index (κ3) is 4.43. The molecule has 1 N–H and O–H groups in total. The molecule has 4 rings (SSSR count). The Hall–Kier alpha value is -2.22. The van der Waals surface area contributed by atoms with E-state index in [-0.39, 0.29) is 30.3 Å². The van der Waals surface area contributed by atoms with E-state index in [0.29, 0.717) is 30.0 Å².